The summed E-state index contributed by atoms with van der Waals surface area (Å²) in [6, 6.07) is 8.59. The van der Waals surface area contributed by atoms with E-state index in [1.54, 1.807) is 4.57 Å². The van der Waals surface area contributed by atoms with Gasteiger partial charge in [0.15, 0.2) is 35.0 Å². The van der Waals surface area contributed by atoms with Crippen molar-refractivity contribution in [3.05, 3.63) is 61.2 Å². The first kappa shape index (κ1) is 33.9. The third kappa shape index (κ3) is 6.29. The summed E-state index contributed by atoms with van der Waals surface area (Å²) in [5.74, 6) is 0.267. The van der Waals surface area contributed by atoms with Crippen LogP contribution in [0.1, 0.15) is 24.3 Å². The molecule has 1 saturated carbocycles. The van der Waals surface area contributed by atoms with Crippen LogP contribution in [0.15, 0.2) is 55.6 Å². The summed E-state index contributed by atoms with van der Waals surface area (Å²) in [5, 5.41) is 11.4. The van der Waals surface area contributed by atoms with Crippen LogP contribution in [0.2, 0.25) is 0 Å². The molecule has 0 amide bonds. The molecule has 2 saturated heterocycles. The molecule has 6 heterocycles. The fourth-order valence-electron chi connectivity index (χ4n) is 6.30. The number of nitrogens with zero attached hydrogens (tertiary/aromatic N) is 8. The molecule has 3 fully saturated rings. The average Bonchev–Trinajstić information content (AvgIpc) is 3.85. The van der Waals surface area contributed by atoms with E-state index in [2.05, 4.69) is 54.4 Å². The van der Waals surface area contributed by atoms with E-state index in [1.807, 2.05) is 30.3 Å². The predicted octanol–water partition coefficient (Wildman–Crippen LogP) is 3.63. The highest BCUT2D eigenvalue weighted by molar-refractivity contribution is 8.44. The van der Waals surface area contributed by atoms with Gasteiger partial charge in [0.25, 0.3) is 0 Å². The number of nitrogen functional groups attached to an aromatic ring is 1. The van der Waals surface area contributed by atoms with Crippen LogP contribution in [-0.2, 0) is 38.6 Å². The van der Waals surface area contributed by atoms with E-state index in [0.29, 0.717) is 11.2 Å². The topological polar surface area (TPSA) is 223 Å². The number of halogens is 1. The largest absolute Gasteiger partial charge is 0.471 e. The Morgan fingerprint density at radius 1 is 0.900 bits per heavy atom. The Hall–Kier alpha value is -3.23. The van der Waals surface area contributed by atoms with Gasteiger partial charge in [0, 0.05) is 6.42 Å². The highest BCUT2D eigenvalue weighted by atomic mass is 32.7. The first-order valence-electron chi connectivity index (χ1n) is 15.1. The summed E-state index contributed by atoms with van der Waals surface area (Å²) in [5.41, 5.74) is 7.76. The number of aliphatic hydroxyl groups excluding tert-OH is 1. The second kappa shape index (κ2) is 13.1. The molecule has 1 aliphatic carbocycles. The van der Waals surface area contributed by atoms with E-state index >= 15 is 4.39 Å². The summed E-state index contributed by atoms with van der Waals surface area (Å²) in [6.07, 6.45) is -5.48. The smallest absolute Gasteiger partial charge is 0.386 e. The Morgan fingerprint density at radius 2 is 1.60 bits per heavy atom. The summed E-state index contributed by atoms with van der Waals surface area (Å²) < 4.78 is 81.1. The number of anilines is 1. The van der Waals surface area contributed by atoms with Gasteiger partial charge in [-0.15, -0.1) is 0 Å². The number of aromatic nitrogens is 8. The molecule has 10 atom stereocenters. The van der Waals surface area contributed by atoms with Crippen LogP contribution in [0.25, 0.3) is 22.3 Å². The number of thiol groups is 2. The van der Waals surface area contributed by atoms with Crippen LogP contribution in [-0.4, -0.2) is 87.4 Å². The van der Waals surface area contributed by atoms with Gasteiger partial charge in [0.05, 0.1) is 31.4 Å². The normalized spacial score (nSPS) is 34.7. The number of alkyl halides is 1. The maximum absolute atomic E-state index is 16.2. The number of hydrogen-bond donors (Lipinski definition) is 4. The molecule has 8 rings (SSSR count). The summed E-state index contributed by atoms with van der Waals surface area (Å²) in [6.45, 7) is -9.14. The third-order valence-corrected chi connectivity index (χ3v) is 11.8. The van der Waals surface area contributed by atoms with E-state index in [0.717, 1.165) is 5.56 Å². The van der Waals surface area contributed by atoms with Crippen molar-refractivity contribution in [2.45, 2.75) is 62.0 Å². The predicted molar refractivity (Wildman–Crippen MR) is 178 cm³/mol. The summed E-state index contributed by atoms with van der Waals surface area (Å²) >= 11 is 8.28. The minimum absolute atomic E-state index is 0.0644. The Bertz CT molecular complexity index is 2150. The van der Waals surface area contributed by atoms with E-state index in [9.17, 15) is 14.2 Å². The lowest BCUT2D eigenvalue weighted by Gasteiger charge is -2.29. The molecule has 18 nitrogen and oxygen atoms in total. The molecule has 2 bridgehead atoms. The number of nitrogens with two attached hydrogens (primary N) is 1. The van der Waals surface area contributed by atoms with Crippen molar-refractivity contribution in [2.75, 3.05) is 12.3 Å². The molecule has 0 spiro atoms. The van der Waals surface area contributed by atoms with E-state index in [-0.39, 0.29) is 35.9 Å². The van der Waals surface area contributed by atoms with Crippen LogP contribution in [0, 0.1) is 0 Å². The molecule has 3 aliphatic rings. The van der Waals surface area contributed by atoms with Gasteiger partial charge in [-0.05, 0) is 5.56 Å². The minimum Gasteiger partial charge on any atom is -0.471 e. The van der Waals surface area contributed by atoms with E-state index in [4.69, 9.17) is 33.3 Å². The standard InChI is InChI=1S/C27H28FN9O9P2S2/c28-17-22-16(43-27(17)37-12-34-18-23(29)30-9-31-24(18)37)8-42-47(39,49)45-21-14(6-15(20(21)38)44-48(40,50)46-22)36-11-35-19-25(36)32-10-33-26(19)41-7-13-4-2-1-3-5-13/h1-5,9-12,14-17,20-22,27,38H,6-8H2,(H,39,49)(H,40,50)(H2,29,30,31)/t14-,15+,16-,17-,20-,21+,22-,27-,47?,48?/m1/s1. The van der Waals surface area contributed by atoms with Crippen molar-refractivity contribution < 1.29 is 46.2 Å². The zero-order valence-corrected chi connectivity index (χ0v) is 29.0. The molecule has 3 N–H and O–H groups in total. The number of ether oxygens (including phenoxy) is 2. The molecule has 5 aromatic rings. The van der Waals surface area contributed by atoms with Gasteiger partial charge >= 0.3 is 13.6 Å². The number of benzene rings is 1. The van der Waals surface area contributed by atoms with Gasteiger partial charge in [0.2, 0.25) is 5.88 Å². The number of imidazole rings is 2. The van der Waals surface area contributed by atoms with Crippen LogP contribution in [0.3, 0.4) is 0 Å². The fourth-order valence-corrected chi connectivity index (χ4v) is 9.65. The van der Waals surface area contributed by atoms with Gasteiger partial charge in [-0.1, -0.05) is 54.8 Å². The highest BCUT2D eigenvalue weighted by Gasteiger charge is 2.55. The van der Waals surface area contributed by atoms with Crippen LogP contribution in [0.4, 0.5) is 10.2 Å². The van der Waals surface area contributed by atoms with Crippen molar-refractivity contribution in [2.24, 2.45) is 0 Å². The first-order chi connectivity index (χ1) is 24.0. The second-order valence-electron chi connectivity index (χ2n) is 11.7. The lowest BCUT2D eigenvalue weighted by atomic mass is 10.1. The SMILES string of the molecule is Nc1ncnc2c1ncn2[C@@H]1O[C@@H]2COP(=O)(S)O[C@@H]3[C@H](O)[C@H](C[C@H]3n3cnc4c(OCc5ccccc5)ncnc43)OP(=O)(S)O[C@H]2[C@H]1F. The maximum atomic E-state index is 16.2. The Balaban J connectivity index is 1.07. The second-order valence-corrected chi connectivity index (χ2v) is 17.4. The number of aliphatic hydroxyl groups is 1. The van der Waals surface area contributed by atoms with Gasteiger partial charge in [0.1, 0.15) is 49.2 Å². The summed E-state index contributed by atoms with van der Waals surface area (Å²) in [7, 11) is 0. The molecule has 0 radical (unpaired) electrons. The Labute approximate surface area is 292 Å². The number of hydrogen-bond acceptors (Lipinski definition) is 16. The summed E-state index contributed by atoms with van der Waals surface area (Å²) in [4.78, 5) is 25.1. The fraction of sp³-hybridized carbons (Fsp3) is 0.407. The van der Waals surface area contributed by atoms with Gasteiger partial charge in [-0.25, -0.2) is 38.4 Å². The first-order valence-corrected chi connectivity index (χ1v) is 20.5. The zero-order valence-electron chi connectivity index (χ0n) is 25.5. The van der Waals surface area contributed by atoms with Crippen molar-refractivity contribution in [1.82, 2.24) is 39.0 Å². The van der Waals surface area contributed by atoms with Crippen LogP contribution in [0.5, 0.6) is 5.88 Å². The minimum atomic E-state index is -4.44. The Kier molecular flexibility index (Phi) is 8.86. The zero-order chi connectivity index (χ0) is 34.8. The van der Waals surface area contributed by atoms with E-state index in [1.165, 1.54) is 29.9 Å². The number of fused-ring (bicyclic) bond motifs is 5. The molecular weight excluding hydrogens is 739 g/mol. The molecule has 4 aromatic heterocycles. The van der Waals surface area contributed by atoms with Crippen LogP contribution < -0.4 is 10.5 Å². The van der Waals surface area contributed by atoms with Crippen molar-refractivity contribution >= 4 is 66.2 Å². The molecule has 264 valence electrons. The highest BCUT2D eigenvalue weighted by Crippen LogP contribution is 2.62. The van der Waals surface area contributed by atoms with Gasteiger partial charge in [-0.2, -0.15) is 4.98 Å². The van der Waals surface area contributed by atoms with Crippen molar-refractivity contribution in [3.8, 4) is 5.88 Å². The molecular formula is C27H28FN9O9P2S2. The molecule has 23 heteroatoms. The Morgan fingerprint density at radius 3 is 2.40 bits per heavy atom. The van der Waals surface area contributed by atoms with Crippen molar-refractivity contribution in [3.63, 3.8) is 0 Å². The van der Waals surface area contributed by atoms with E-state index < -0.39 is 69.2 Å². The monoisotopic (exact) mass is 767 g/mol. The molecule has 1 aromatic carbocycles. The molecule has 50 heavy (non-hydrogen) atoms. The lowest BCUT2D eigenvalue weighted by molar-refractivity contribution is -0.0519. The van der Waals surface area contributed by atoms with Crippen molar-refractivity contribution in [1.29, 1.82) is 0 Å². The van der Waals surface area contributed by atoms with Crippen LogP contribution >= 0.6 is 38.1 Å². The van der Waals surface area contributed by atoms with Gasteiger partial charge < -0.3 is 24.9 Å². The average molecular weight is 768 g/mol. The van der Waals surface area contributed by atoms with Gasteiger partial charge in [-0.3, -0.25) is 22.7 Å². The molecule has 2 aliphatic heterocycles. The maximum Gasteiger partial charge on any atom is 0.386 e. The quantitative estimate of drug-likeness (QED) is 0.148. The number of rotatable bonds is 5. The molecule has 2 unspecified atom stereocenters. The third-order valence-electron chi connectivity index (χ3n) is 8.58. The lowest BCUT2D eigenvalue weighted by Crippen LogP contribution is -2.37.